The van der Waals surface area contributed by atoms with Gasteiger partial charge in [0, 0.05) is 62.5 Å². The first kappa shape index (κ1) is 29.5. The van der Waals surface area contributed by atoms with Crippen LogP contribution in [0.1, 0.15) is 48.7 Å². The lowest BCUT2D eigenvalue weighted by Crippen LogP contribution is -2.55. The van der Waals surface area contributed by atoms with Crippen molar-refractivity contribution in [2.24, 2.45) is 7.05 Å². The fourth-order valence-electron chi connectivity index (χ4n) is 4.41. The standard InChI is InChI=1S/C24H30N6O2.C7H7NO/c1-16(2)32-21-14-30(15-21)23(31)8-7-18-5-6-19(11-17(18)3)22-9-10-25-24(28-22)27-20-12-26-29(4)13-20;1-6(9)7-3-2-4-8-5-7/h5-6,9-13,16,21H,7-8,14-15H2,1-4H3,(H,25,27,28);2-5H,1H3. The van der Waals surface area contributed by atoms with Crippen molar-refractivity contribution >= 4 is 23.3 Å². The van der Waals surface area contributed by atoms with E-state index in [1.807, 2.05) is 38.1 Å². The van der Waals surface area contributed by atoms with Crippen LogP contribution < -0.4 is 5.32 Å². The molecule has 10 heteroatoms. The van der Waals surface area contributed by atoms with Gasteiger partial charge in [-0.15, -0.1) is 0 Å². The van der Waals surface area contributed by atoms with Crippen LogP contribution in [0.15, 0.2) is 67.4 Å². The lowest BCUT2D eigenvalue weighted by Gasteiger charge is -2.40. The molecule has 41 heavy (non-hydrogen) atoms. The molecule has 4 aromatic rings. The van der Waals surface area contributed by atoms with E-state index in [1.165, 1.54) is 12.5 Å². The number of nitrogens with one attached hydrogen (secondary N) is 1. The molecule has 3 aromatic heterocycles. The third-order valence-corrected chi connectivity index (χ3v) is 6.60. The number of hydrogen-bond acceptors (Lipinski definition) is 8. The number of benzene rings is 1. The first-order valence-electron chi connectivity index (χ1n) is 13.7. The predicted octanol–water partition coefficient (Wildman–Crippen LogP) is 4.78. The molecule has 214 valence electrons. The molecule has 1 aliphatic heterocycles. The average Bonchev–Trinajstić information content (AvgIpc) is 3.34. The summed E-state index contributed by atoms with van der Waals surface area (Å²) in [6, 6.07) is 11.7. The van der Waals surface area contributed by atoms with E-state index in [9.17, 15) is 9.59 Å². The van der Waals surface area contributed by atoms with Gasteiger partial charge in [-0.3, -0.25) is 19.3 Å². The summed E-state index contributed by atoms with van der Waals surface area (Å²) in [7, 11) is 1.86. The number of carbonyl (C=O) groups is 2. The zero-order valence-electron chi connectivity index (χ0n) is 24.2. The number of pyridine rings is 1. The number of nitrogens with zero attached hydrogens (tertiary/aromatic N) is 6. The molecule has 0 radical (unpaired) electrons. The van der Waals surface area contributed by atoms with E-state index in [4.69, 9.17) is 4.74 Å². The molecule has 0 unspecified atom stereocenters. The molecule has 0 saturated carbocycles. The van der Waals surface area contributed by atoms with E-state index in [0.717, 1.165) is 28.9 Å². The molecule has 0 bridgehead atoms. The highest BCUT2D eigenvalue weighted by molar-refractivity contribution is 5.93. The molecule has 0 spiro atoms. The van der Waals surface area contributed by atoms with Crippen molar-refractivity contribution in [1.29, 1.82) is 0 Å². The Morgan fingerprint density at radius 1 is 1.12 bits per heavy atom. The lowest BCUT2D eigenvalue weighted by molar-refractivity contribution is -0.148. The zero-order chi connectivity index (χ0) is 29.4. The van der Waals surface area contributed by atoms with Gasteiger partial charge in [0.2, 0.25) is 11.9 Å². The van der Waals surface area contributed by atoms with Crippen LogP contribution in [0, 0.1) is 6.92 Å². The van der Waals surface area contributed by atoms with Crippen molar-refractivity contribution < 1.29 is 14.3 Å². The molecule has 1 saturated heterocycles. The monoisotopic (exact) mass is 555 g/mol. The van der Waals surface area contributed by atoms with Crippen LogP contribution in [-0.2, 0) is 23.0 Å². The summed E-state index contributed by atoms with van der Waals surface area (Å²) in [5, 5.41) is 7.32. The number of rotatable bonds is 9. The third kappa shape index (κ3) is 8.52. The number of Topliss-reactive ketones (excluding diaryl/α,β-unsaturated/α-hetero) is 1. The second kappa shape index (κ2) is 13.8. The maximum atomic E-state index is 12.5. The van der Waals surface area contributed by atoms with Gasteiger partial charge < -0.3 is 15.0 Å². The fraction of sp³-hybridized carbons (Fsp3) is 0.355. The van der Waals surface area contributed by atoms with Crippen molar-refractivity contribution in [2.45, 2.75) is 52.7 Å². The van der Waals surface area contributed by atoms with Gasteiger partial charge >= 0.3 is 0 Å². The van der Waals surface area contributed by atoms with Gasteiger partial charge in [0.15, 0.2) is 5.78 Å². The molecule has 1 fully saturated rings. The van der Waals surface area contributed by atoms with Crippen molar-refractivity contribution in [3.05, 3.63) is 84.1 Å². The molecule has 1 amide bonds. The Morgan fingerprint density at radius 2 is 1.93 bits per heavy atom. The number of aryl methyl sites for hydroxylation is 3. The van der Waals surface area contributed by atoms with E-state index in [2.05, 4.69) is 50.5 Å². The van der Waals surface area contributed by atoms with Crippen LogP contribution in [0.3, 0.4) is 0 Å². The van der Waals surface area contributed by atoms with E-state index in [0.29, 0.717) is 31.0 Å². The minimum absolute atomic E-state index is 0.0584. The number of amides is 1. The maximum Gasteiger partial charge on any atom is 0.227 e. The molecule has 4 heterocycles. The van der Waals surface area contributed by atoms with Crippen LogP contribution in [-0.4, -0.2) is 66.6 Å². The third-order valence-electron chi connectivity index (χ3n) is 6.60. The summed E-state index contributed by atoms with van der Waals surface area (Å²) in [5.74, 6) is 0.777. The highest BCUT2D eigenvalue weighted by Crippen LogP contribution is 2.24. The van der Waals surface area contributed by atoms with E-state index >= 15 is 0 Å². The molecular weight excluding hydrogens is 518 g/mol. The number of ketones is 1. The SMILES string of the molecule is CC(=O)c1cccnc1.Cc1cc(-c2ccnc(Nc3cnn(C)c3)n2)ccc1CCC(=O)N1CC(OC(C)C)C1. The molecule has 10 nitrogen and oxygen atoms in total. The smallest absolute Gasteiger partial charge is 0.227 e. The first-order valence-corrected chi connectivity index (χ1v) is 13.7. The summed E-state index contributed by atoms with van der Waals surface area (Å²) in [5.41, 5.74) is 5.70. The van der Waals surface area contributed by atoms with Gasteiger partial charge in [0.1, 0.15) is 0 Å². The van der Waals surface area contributed by atoms with E-state index in [1.54, 1.807) is 41.6 Å². The van der Waals surface area contributed by atoms with Crippen molar-refractivity contribution in [2.75, 3.05) is 18.4 Å². The number of aromatic nitrogens is 5. The molecule has 0 aliphatic carbocycles. The fourth-order valence-corrected chi connectivity index (χ4v) is 4.41. The summed E-state index contributed by atoms with van der Waals surface area (Å²) in [4.78, 5) is 37.7. The molecular formula is C31H37N7O3. The Labute approximate surface area is 240 Å². The number of ether oxygens (including phenoxy) is 1. The first-order chi connectivity index (χ1) is 19.7. The minimum Gasteiger partial charge on any atom is -0.372 e. The highest BCUT2D eigenvalue weighted by atomic mass is 16.5. The Balaban J connectivity index is 0.000000367. The molecule has 1 aliphatic rings. The molecule has 1 aromatic carbocycles. The predicted molar refractivity (Wildman–Crippen MR) is 158 cm³/mol. The van der Waals surface area contributed by atoms with E-state index in [-0.39, 0.29) is 23.9 Å². The average molecular weight is 556 g/mol. The second-order valence-corrected chi connectivity index (χ2v) is 10.3. The van der Waals surface area contributed by atoms with Gasteiger partial charge in [-0.25, -0.2) is 9.97 Å². The highest BCUT2D eigenvalue weighted by Gasteiger charge is 2.31. The largest absolute Gasteiger partial charge is 0.372 e. The van der Waals surface area contributed by atoms with Crippen molar-refractivity contribution in [3.8, 4) is 11.3 Å². The minimum atomic E-state index is 0.0584. The van der Waals surface area contributed by atoms with Crippen LogP contribution in [0.2, 0.25) is 0 Å². The van der Waals surface area contributed by atoms with Crippen LogP contribution in [0.5, 0.6) is 0 Å². The molecule has 5 rings (SSSR count). The summed E-state index contributed by atoms with van der Waals surface area (Å²) in [6.45, 7) is 9.07. The topological polar surface area (TPSA) is 115 Å². The zero-order valence-corrected chi connectivity index (χ0v) is 24.2. The van der Waals surface area contributed by atoms with Crippen LogP contribution >= 0.6 is 0 Å². The normalized spacial score (nSPS) is 12.9. The maximum absolute atomic E-state index is 12.5. The summed E-state index contributed by atoms with van der Waals surface area (Å²) < 4.78 is 7.45. The van der Waals surface area contributed by atoms with Gasteiger partial charge in [0.05, 0.1) is 29.8 Å². The van der Waals surface area contributed by atoms with E-state index < -0.39 is 0 Å². The molecule has 0 atom stereocenters. The van der Waals surface area contributed by atoms with Crippen LogP contribution in [0.4, 0.5) is 11.6 Å². The van der Waals surface area contributed by atoms with Gasteiger partial charge in [-0.05, 0) is 69.5 Å². The Hall–Kier alpha value is -4.44. The van der Waals surface area contributed by atoms with Gasteiger partial charge in [0.25, 0.3) is 0 Å². The molecule has 1 N–H and O–H groups in total. The van der Waals surface area contributed by atoms with Crippen molar-refractivity contribution in [1.82, 2.24) is 29.6 Å². The number of hydrogen-bond donors (Lipinski definition) is 1. The van der Waals surface area contributed by atoms with Crippen molar-refractivity contribution in [3.63, 3.8) is 0 Å². The Morgan fingerprint density at radius 3 is 2.54 bits per heavy atom. The quantitative estimate of drug-likeness (QED) is 0.294. The van der Waals surface area contributed by atoms with Gasteiger partial charge in [-0.1, -0.05) is 12.1 Å². The van der Waals surface area contributed by atoms with Crippen LogP contribution in [0.25, 0.3) is 11.3 Å². The summed E-state index contributed by atoms with van der Waals surface area (Å²) in [6.07, 6.45) is 10.2. The Bertz CT molecular complexity index is 1460. The number of likely N-dealkylation sites (tertiary alicyclic amines) is 1. The second-order valence-electron chi connectivity index (χ2n) is 10.3. The summed E-state index contributed by atoms with van der Waals surface area (Å²) >= 11 is 0. The number of anilines is 2. The lowest BCUT2D eigenvalue weighted by atomic mass is 9.99. The Kier molecular flexibility index (Phi) is 9.91. The van der Waals surface area contributed by atoms with Gasteiger partial charge in [-0.2, -0.15) is 5.10 Å². The number of carbonyl (C=O) groups excluding carboxylic acids is 2.